The number of nitrogens with two attached hydrogens (primary N) is 1. The smallest absolute Gasteiger partial charge is 0.165 e. The Hall–Kier alpha value is -1.09. The lowest BCUT2D eigenvalue weighted by atomic mass is 10.1. The van der Waals surface area contributed by atoms with Crippen LogP contribution in [0.1, 0.15) is 5.56 Å². The monoisotopic (exact) mass is 169 g/mol. The average molecular weight is 169 g/mol. The average Bonchev–Trinajstić information content (AvgIpc) is 2.05. The van der Waals surface area contributed by atoms with Crippen molar-refractivity contribution in [2.75, 3.05) is 13.7 Å². The van der Waals surface area contributed by atoms with Crippen LogP contribution in [0.3, 0.4) is 0 Å². The van der Waals surface area contributed by atoms with E-state index in [2.05, 4.69) is 0 Å². The number of rotatable bonds is 3. The second-order valence-corrected chi connectivity index (χ2v) is 2.47. The van der Waals surface area contributed by atoms with Crippen LogP contribution in [0.5, 0.6) is 5.75 Å². The van der Waals surface area contributed by atoms with Crippen LogP contribution in [0.4, 0.5) is 4.39 Å². The first-order chi connectivity index (χ1) is 5.79. The molecule has 0 fully saturated rings. The Kier molecular flexibility index (Phi) is 3.05. The highest BCUT2D eigenvalue weighted by molar-refractivity contribution is 5.35. The molecule has 0 aliphatic rings. The third-order valence-corrected chi connectivity index (χ3v) is 1.67. The quantitative estimate of drug-likeness (QED) is 0.741. The normalized spacial score (nSPS) is 9.92. The van der Waals surface area contributed by atoms with Crippen LogP contribution >= 0.6 is 0 Å². The van der Waals surface area contributed by atoms with Crippen LogP contribution < -0.4 is 10.5 Å². The van der Waals surface area contributed by atoms with Crippen molar-refractivity contribution in [1.29, 1.82) is 0 Å². The third kappa shape index (κ3) is 1.74. The zero-order chi connectivity index (χ0) is 8.97. The van der Waals surface area contributed by atoms with Gasteiger partial charge < -0.3 is 10.5 Å². The molecule has 0 atom stereocenters. The third-order valence-electron chi connectivity index (χ3n) is 1.67. The van der Waals surface area contributed by atoms with E-state index in [-0.39, 0.29) is 5.82 Å². The molecule has 12 heavy (non-hydrogen) atoms. The molecule has 1 aromatic rings. The Morgan fingerprint density at radius 2 is 2.25 bits per heavy atom. The van der Waals surface area contributed by atoms with Gasteiger partial charge in [-0.1, -0.05) is 12.1 Å². The number of ether oxygens (including phenoxy) is 1. The minimum absolute atomic E-state index is 0.308. The van der Waals surface area contributed by atoms with Gasteiger partial charge >= 0.3 is 0 Å². The van der Waals surface area contributed by atoms with Gasteiger partial charge in [-0.15, -0.1) is 0 Å². The van der Waals surface area contributed by atoms with E-state index in [0.29, 0.717) is 18.7 Å². The van der Waals surface area contributed by atoms with Crippen molar-refractivity contribution in [1.82, 2.24) is 0 Å². The summed E-state index contributed by atoms with van der Waals surface area (Å²) in [6, 6.07) is 4.84. The Labute approximate surface area is 71.1 Å². The van der Waals surface area contributed by atoms with E-state index >= 15 is 0 Å². The largest absolute Gasteiger partial charge is 0.493 e. The van der Waals surface area contributed by atoms with Gasteiger partial charge in [0.15, 0.2) is 11.6 Å². The lowest BCUT2D eigenvalue weighted by molar-refractivity contribution is 0.381. The summed E-state index contributed by atoms with van der Waals surface area (Å²) in [6.07, 6.45) is 0.640. The Morgan fingerprint density at radius 3 is 2.83 bits per heavy atom. The van der Waals surface area contributed by atoms with E-state index in [1.807, 2.05) is 6.07 Å². The van der Waals surface area contributed by atoms with Gasteiger partial charge in [0, 0.05) is 0 Å². The van der Waals surface area contributed by atoms with Gasteiger partial charge in [0.2, 0.25) is 0 Å². The molecule has 0 radical (unpaired) electrons. The van der Waals surface area contributed by atoms with Crippen molar-refractivity contribution >= 4 is 0 Å². The minimum atomic E-state index is -0.330. The molecule has 2 nitrogen and oxygen atoms in total. The molecule has 2 N–H and O–H groups in total. The van der Waals surface area contributed by atoms with Crippen molar-refractivity contribution in [3.63, 3.8) is 0 Å². The van der Waals surface area contributed by atoms with Crippen molar-refractivity contribution in [3.8, 4) is 5.75 Å². The van der Waals surface area contributed by atoms with Gasteiger partial charge in [0.1, 0.15) is 0 Å². The van der Waals surface area contributed by atoms with Gasteiger partial charge in [-0.05, 0) is 24.6 Å². The first-order valence-electron chi connectivity index (χ1n) is 3.81. The SMILES string of the molecule is COc1c(F)cccc1CCN. The zero-order valence-electron chi connectivity index (χ0n) is 7.01. The number of methoxy groups -OCH3 is 1. The minimum Gasteiger partial charge on any atom is -0.493 e. The predicted octanol–water partition coefficient (Wildman–Crippen LogP) is 1.34. The molecule has 0 unspecified atom stereocenters. The highest BCUT2D eigenvalue weighted by Crippen LogP contribution is 2.21. The molecule has 1 aromatic carbocycles. The van der Waals surface area contributed by atoms with E-state index in [9.17, 15) is 4.39 Å². The summed E-state index contributed by atoms with van der Waals surface area (Å²) in [4.78, 5) is 0. The summed E-state index contributed by atoms with van der Waals surface area (Å²) >= 11 is 0. The topological polar surface area (TPSA) is 35.2 Å². The fourth-order valence-corrected chi connectivity index (χ4v) is 1.13. The van der Waals surface area contributed by atoms with Gasteiger partial charge in [-0.25, -0.2) is 4.39 Å². The molecule has 0 heterocycles. The molecule has 0 aliphatic heterocycles. The van der Waals surface area contributed by atoms with Crippen LogP contribution in [-0.4, -0.2) is 13.7 Å². The molecule has 66 valence electrons. The zero-order valence-corrected chi connectivity index (χ0v) is 7.01. The molecule has 0 aromatic heterocycles. The van der Waals surface area contributed by atoms with Crippen LogP contribution in [-0.2, 0) is 6.42 Å². The maximum absolute atomic E-state index is 13.0. The van der Waals surface area contributed by atoms with Crippen molar-refractivity contribution in [2.45, 2.75) is 6.42 Å². The van der Waals surface area contributed by atoms with E-state index < -0.39 is 0 Å². The first kappa shape index (κ1) is 9.00. The molecule has 1 rings (SSSR count). The van der Waals surface area contributed by atoms with Gasteiger partial charge in [0.05, 0.1) is 7.11 Å². The van der Waals surface area contributed by atoms with Crippen molar-refractivity contribution < 1.29 is 9.13 Å². The van der Waals surface area contributed by atoms with Crippen LogP contribution in [0.2, 0.25) is 0 Å². The Balaban J connectivity index is 3.00. The Bertz CT molecular complexity index is 263. The number of para-hydroxylation sites is 1. The van der Waals surface area contributed by atoms with Gasteiger partial charge in [-0.3, -0.25) is 0 Å². The van der Waals surface area contributed by atoms with Crippen LogP contribution in [0.15, 0.2) is 18.2 Å². The molecular formula is C9H12FNO. The fraction of sp³-hybridized carbons (Fsp3) is 0.333. The molecule has 0 bridgehead atoms. The van der Waals surface area contributed by atoms with E-state index in [0.717, 1.165) is 5.56 Å². The van der Waals surface area contributed by atoms with Crippen LogP contribution in [0.25, 0.3) is 0 Å². The molecule has 0 saturated heterocycles. The summed E-state index contributed by atoms with van der Waals surface area (Å²) in [5.74, 6) is -0.0219. The molecule has 0 amide bonds. The first-order valence-corrected chi connectivity index (χ1v) is 3.81. The van der Waals surface area contributed by atoms with E-state index in [4.69, 9.17) is 10.5 Å². The lowest BCUT2D eigenvalue weighted by Crippen LogP contribution is -2.05. The number of hydrogen-bond acceptors (Lipinski definition) is 2. The summed E-state index contributed by atoms with van der Waals surface area (Å²) in [5.41, 5.74) is 6.18. The summed E-state index contributed by atoms with van der Waals surface area (Å²) in [5, 5.41) is 0. The highest BCUT2D eigenvalue weighted by atomic mass is 19.1. The molecule has 3 heteroatoms. The van der Waals surface area contributed by atoms with Crippen molar-refractivity contribution in [2.24, 2.45) is 5.73 Å². The molecule has 0 saturated carbocycles. The van der Waals surface area contributed by atoms with Gasteiger partial charge in [-0.2, -0.15) is 0 Å². The highest BCUT2D eigenvalue weighted by Gasteiger charge is 2.06. The molecule has 0 spiro atoms. The van der Waals surface area contributed by atoms with E-state index in [1.165, 1.54) is 13.2 Å². The second kappa shape index (κ2) is 4.07. The summed E-state index contributed by atoms with van der Waals surface area (Å²) in [6.45, 7) is 0.500. The fourth-order valence-electron chi connectivity index (χ4n) is 1.13. The Morgan fingerprint density at radius 1 is 1.50 bits per heavy atom. The maximum atomic E-state index is 13.0. The van der Waals surface area contributed by atoms with Gasteiger partial charge in [0.25, 0.3) is 0 Å². The standard InChI is InChI=1S/C9H12FNO/c1-12-9-7(5-6-11)3-2-4-8(9)10/h2-4H,5-6,11H2,1H3. The predicted molar refractivity (Wildman–Crippen MR) is 45.7 cm³/mol. The maximum Gasteiger partial charge on any atom is 0.165 e. The summed E-state index contributed by atoms with van der Waals surface area (Å²) < 4.78 is 17.9. The van der Waals surface area contributed by atoms with Crippen LogP contribution in [0, 0.1) is 5.82 Å². The number of benzene rings is 1. The van der Waals surface area contributed by atoms with Crippen molar-refractivity contribution in [3.05, 3.63) is 29.6 Å². The molecule has 0 aliphatic carbocycles. The number of halogens is 1. The van der Waals surface area contributed by atoms with E-state index in [1.54, 1.807) is 6.07 Å². The second-order valence-electron chi connectivity index (χ2n) is 2.47. The summed E-state index contributed by atoms with van der Waals surface area (Å²) in [7, 11) is 1.46. The lowest BCUT2D eigenvalue weighted by Gasteiger charge is -2.07. The molecular weight excluding hydrogens is 157 g/mol. The number of hydrogen-bond donors (Lipinski definition) is 1.